The predicted molar refractivity (Wildman–Crippen MR) is 69.8 cm³/mol. The van der Waals surface area contributed by atoms with Gasteiger partial charge < -0.3 is 16.2 Å². The van der Waals surface area contributed by atoms with Crippen LogP contribution in [0.15, 0.2) is 18.2 Å². The van der Waals surface area contributed by atoms with Gasteiger partial charge in [0.05, 0.1) is 5.56 Å². The molecule has 19 heavy (non-hydrogen) atoms. The van der Waals surface area contributed by atoms with E-state index in [0.717, 1.165) is 12.5 Å². The third-order valence-corrected chi connectivity index (χ3v) is 2.85. The number of nitrogens with two attached hydrogens (primary N) is 1. The number of rotatable bonds is 6. The molecule has 0 fully saturated rings. The molecule has 0 amide bonds. The fourth-order valence-electron chi connectivity index (χ4n) is 1.72. The van der Waals surface area contributed by atoms with Crippen LogP contribution in [0.4, 0.5) is 24.5 Å². The van der Waals surface area contributed by atoms with E-state index in [0.29, 0.717) is 13.0 Å². The highest BCUT2D eigenvalue weighted by molar-refractivity contribution is 5.59. The van der Waals surface area contributed by atoms with Gasteiger partial charge in [-0.05, 0) is 37.0 Å². The lowest BCUT2D eigenvalue weighted by Crippen LogP contribution is -2.13. The molecule has 0 bridgehead atoms. The summed E-state index contributed by atoms with van der Waals surface area (Å²) in [5.41, 5.74) is 4.76. The molecule has 0 aromatic heterocycles. The van der Waals surface area contributed by atoms with Crippen LogP contribution in [-0.4, -0.2) is 18.3 Å². The van der Waals surface area contributed by atoms with Crippen LogP contribution in [0.25, 0.3) is 0 Å². The fraction of sp³-hybridized carbons (Fsp3) is 0.538. The molecule has 1 rings (SSSR count). The molecule has 1 aromatic carbocycles. The van der Waals surface area contributed by atoms with Gasteiger partial charge in [0.1, 0.15) is 0 Å². The summed E-state index contributed by atoms with van der Waals surface area (Å²) in [5, 5.41) is 11.6. The Morgan fingerprint density at radius 3 is 2.63 bits per heavy atom. The van der Waals surface area contributed by atoms with Crippen molar-refractivity contribution in [2.75, 3.05) is 24.2 Å². The van der Waals surface area contributed by atoms with Gasteiger partial charge in [0.2, 0.25) is 0 Å². The van der Waals surface area contributed by atoms with E-state index in [1.54, 1.807) is 0 Å². The minimum atomic E-state index is -4.42. The summed E-state index contributed by atoms with van der Waals surface area (Å²) >= 11 is 0. The van der Waals surface area contributed by atoms with Crippen molar-refractivity contribution in [1.82, 2.24) is 0 Å². The zero-order valence-electron chi connectivity index (χ0n) is 10.8. The van der Waals surface area contributed by atoms with Crippen molar-refractivity contribution in [1.29, 1.82) is 0 Å². The van der Waals surface area contributed by atoms with Gasteiger partial charge in [-0.2, -0.15) is 13.2 Å². The Labute approximate surface area is 110 Å². The average molecular weight is 276 g/mol. The molecule has 0 saturated heterocycles. The van der Waals surface area contributed by atoms with E-state index in [9.17, 15) is 13.2 Å². The number of halogens is 3. The second-order valence-electron chi connectivity index (χ2n) is 4.66. The summed E-state index contributed by atoms with van der Waals surface area (Å²) in [7, 11) is 0. The number of hydrogen-bond acceptors (Lipinski definition) is 3. The Balaban J connectivity index is 2.63. The van der Waals surface area contributed by atoms with Gasteiger partial charge in [-0.3, -0.25) is 0 Å². The molecule has 3 nitrogen and oxygen atoms in total. The molecular weight excluding hydrogens is 257 g/mol. The van der Waals surface area contributed by atoms with Crippen LogP contribution in [0.3, 0.4) is 0 Å². The molecule has 108 valence electrons. The summed E-state index contributed by atoms with van der Waals surface area (Å²) in [4.78, 5) is 0. The van der Waals surface area contributed by atoms with Crippen LogP contribution in [-0.2, 0) is 6.18 Å². The van der Waals surface area contributed by atoms with E-state index in [-0.39, 0.29) is 23.9 Å². The standard InChI is InChI=1S/C13H19F3N2O/c1-9(8-19)3-2-6-18-12-5-4-10(17)7-11(12)13(14,15)16/h4-5,7,9,18-19H,2-3,6,8,17H2,1H3. The SMILES string of the molecule is CC(CO)CCCNc1ccc(N)cc1C(F)(F)F. The Hall–Kier alpha value is -1.43. The fourth-order valence-corrected chi connectivity index (χ4v) is 1.72. The molecule has 0 aliphatic heterocycles. The molecule has 1 aromatic rings. The highest BCUT2D eigenvalue weighted by Gasteiger charge is 2.33. The lowest BCUT2D eigenvalue weighted by Gasteiger charge is -2.15. The van der Waals surface area contributed by atoms with E-state index in [4.69, 9.17) is 10.8 Å². The van der Waals surface area contributed by atoms with Gasteiger partial charge in [-0.25, -0.2) is 0 Å². The lowest BCUT2D eigenvalue weighted by atomic mass is 10.1. The Morgan fingerprint density at radius 1 is 1.37 bits per heavy atom. The van der Waals surface area contributed by atoms with Crippen LogP contribution >= 0.6 is 0 Å². The van der Waals surface area contributed by atoms with E-state index in [2.05, 4.69) is 5.32 Å². The monoisotopic (exact) mass is 276 g/mol. The minimum absolute atomic E-state index is 0.0401. The zero-order chi connectivity index (χ0) is 14.5. The van der Waals surface area contributed by atoms with Crippen LogP contribution in [0.5, 0.6) is 0 Å². The topological polar surface area (TPSA) is 58.3 Å². The molecule has 1 atom stereocenters. The minimum Gasteiger partial charge on any atom is -0.399 e. The highest BCUT2D eigenvalue weighted by Crippen LogP contribution is 2.36. The smallest absolute Gasteiger partial charge is 0.399 e. The highest BCUT2D eigenvalue weighted by atomic mass is 19.4. The Morgan fingerprint density at radius 2 is 2.05 bits per heavy atom. The summed E-state index contributed by atoms with van der Waals surface area (Å²) in [6.07, 6.45) is -2.96. The number of benzene rings is 1. The summed E-state index contributed by atoms with van der Waals surface area (Å²) < 4.78 is 38.4. The van der Waals surface area contributed by atoms with Crippen molar-refractivity contribution in [3.05, 3.63) is 23.8 Å². The number of nitrogens with one attached hydrogen (secondary N) is 1. The molecule has 4 N–H and O–H groups in total. The zero-order valence-corrected chi connectivity index (χ0v) is 10.8. The molecule has 1 unspecified atom stereocenters. The molecule has 0 radical (unpaired) electrons. The van der Waals surface area contributed by atoms with Crippen molar-refractivity contribution in [3.63, 3.8) is 0 Å². The molecular formula is C13H19F3N2O. The van der Waals surface area contributed by atoms with Crippen molar-refractivity contribution in [2.24, 2.45) is 5.92 Å². The van der Waals surface area contributed by atoms with E-state index < -0.39 is 11.7 Å². The first-order valence-electron chi connectivity index (χ1n) is 6.16. The van der Waals surface area contributed by atoms with Crippen molar-refractivity contribution in [3.8, 4) is 0 Å². The average Bonchev–Trinajstić information content (AvgIpc) is 2.34. The van der Waals surface area contributed by atoms with E-state index >= 15 is 0 Å². The largest absolute Gasteiger partial charge is 0.418 e. The quantitative estimate of drug-likeness (QED) is 0.552. The third-order valence-electron chi connectivity index (χ3n) is 2.85. The lowest BCUT2D eigenvalue weighted by molar-refractivity contribution is -0.136. The first-order chi connectivity index (χ1) is 8.84. The number of alkyl halides is 3. The maximum atomic E-state index is 12.8. The maximum Gasteiger partial charge on any atom is 0.418 e. The summed E-state index contributed by atoms with van der Waals surface area (Å²) in [5.74, 6) is 0.162. The maximum absolute atomic E-state index is 12.8. The second kappa shape index (κ2) is 6.65. The van der Waals surface area contributed by atoms with Crippen molar-refractivity contribution in [2.45, 2.75) is 25.9 Å². The van der Waals surface area contributed by atoms with Crippen LogP contribution in [0.2, 0.25) is 0 Å². The first-order valence-corrected chi connectivity index (χ1v) is 6.16. The number of aliphatic hydroxyl groups excluding tert-OH is 1. The molecule has 6 heteroatoms. The van der Waals surface area contributed by atoms with Gasteiger partial charge in [-0.1, -0.05) is 6.92 Å². The summed E-state index contributed by atoms with van der Waals surface area (Å²) in [6, 6.07) is 3.71. The van der Waals surface area contributed by atoms with Crippen LogP contribution in [0, 0.1) is 5.92 Å². The van der Waals surface area contributed by atoms with Crippen molar-refractivity contribution >= 4 is 11.4 Å². The van der Waals surface area contributed by atoms with Gasteiger partial charge in [0.25, 0.3) is 0 Å². The summed E-state index contributed by atoms with van der Waals surface area (Å²) in [6.45, 7) is 2.41. The third kappa shape index (κ3) is 4.98. The molecule has 0 saturated carbocycles. The molecule has 0 spiro atoms. The molecule has 0 heterocycles. The van der Waals surface area contributed by atoms with Crippen LogP contribution < -0.4 is 11.1 Å². The number of aliphatic hydroxyl groups is 1. The van der Waals surface area contributed by atoms with E-state index in [1.165, 1.54) is 12.1 Å². The van der Waals surface area contributed by atoms with Crippen molar-refractivity contribution < 1.29 is 18.3 Å². The predicted octanol–water partition coefficient (Wildman–Crippen LogP) is 3.11. The van der Waals surface area contributed by atoms with Crippen LogP contribution in [0.1, 0.15) is 25.3 Å². The van der Waals surface area contributed by atoms with Gasteiger partial charge in [0, 0.05) is 24.5 Å². The second-order valence-corrected chi connectivity index (χ2v) is 4.66. The number of hydrogen-bond donors (Lipinski definition) is 3. The molecule has 0 aliphatic carbocycles. The number of anilines is 2. The first kappa shape index (κ1) is 15.6. The van der Waals surface area contributed by atoms with Gasteiger partial charge in [0.15, 0.2) is 0 Å². The molecule has 0 aliphatic rings. The Kier molecular flexibility index (Phi) is 5.47. The Bertz CT molecular complexity index is 407. The normalized spacial score (nSPS) is 13.3. The number of nitrogen functional groups attached to an aromatic ring is 1. The van der Waals surface area contributed by atoms with Gasteiger partial charge >= 0.3 is 6.18 Å². The van der Waals surface area contributed by atoms with E-state index in [1.807, 2.05) is 6.92 Å². The van der Waals surface area contributed by atoms with Gasteiger partial charge in [-0.15, -0.1) is 0 Å².